The lowest BCUT2D eigenvalue weighted by molar-refractivity contribution is 0.0836. The van der Waals surface area contributed by atoms with Gasteiger partial charge in [0.25, 0.3) is 0 Å². The number of hydroxylamine groups is 1. The van der Waals surface area contributed by atoms with Gasteiger partial charge in [-0.25, -0.2) is 5.06 Å². The first-order chi connectivity index (χ1) is 8.99. The zero-order chi connectivity index (χ0) is 14.0. The number of hydrogen-bond acceptors (Lipinski definition) is 3. The lowest BCUT2D eigenvalue weighted by Crippen LogP contribution is -2.45. The fourth-order valence-electron chi connectivity index (χ4n) is 2.61. The lowest BCUT2D eigenvalue weighted by atomic mass is 9.90. The first-order valence-electron chi connectivity index (χ1n) is 6.89. The van der Waals surface area contributed by atoms with Crippen LogP contribution in [0.5, 0.6) is 5.75 Å². The van der Waals surface area contributed by atoms with Crippen LogP contribution in [0.15, 0.2) is 24.3 Å². The third-order valence-corrected chi connectivity index (χ3v) is 3.27. The van der Waals surface area contributed by atoms with Crippen molar-refractivity contribution in [2.75, 3.05) is 18.3 Å². The van der Waals surface area contributed by atoms with Crippen molar-refractivity contribution in [3.05, 3.63) is 29.8 Å². The van der Waals surface area contributed by atoms with Crippen molar-refractivity contribution in [3.8, 4) is 5.75 Å². The highest BCUT2D eigenvalue weighted by atomic mass is 16.7. The fraction of sp³-hybridized carbons (Fsp3) is 0.500. The van der Waals surface area contributed by atoms with E-state index in [9.17, 15) is 0 Å². The van der Waals surface area contributed by atoms with Gasteiger partial charge in [0, 0.05) is 5.56 Å². The number of benzene rings is 1. The maximum Gasteiger partial charge on any atom is 0.120 e. The summed E-state index contributed by atoms with van der Waals surface area (Å²) in [4.78, 5) is 5.82. The molecule has 0 saturated heterocycles. The van der Waals surface area contributed by atoms with Crippen LogP contribution in [0.25, 0.3) is 5.57 Å². The normalized spacial score (nSPS) is 16.9. The average molecular weight is 261 g/mol. The van der Waals surface area contributed by atoms with Gasteiger partial charge in [0.05, 0.1) is 24.4 Å². The Morgan fingerprint density at radius 3 is 2.53 bits per heavy atom. The molecule has 0 radical (unpaired) electrons. The zero-order valence-corrected chi connectivity index (χ0v) is 12.5. The van der Waals surface area contributed by atoms with Gasteiger partial charge in [-0.05, 0) is 58.4 Å². The summed E-state index contributed by atoms with van der Waals surface area (Å²) in [5.41, 5.74) is 3.41. The smallest absolute Gasteiger partial charge is 0.120 e. The van der Waals surface area contributed by atoms with Gasteiger partial charge in [0.15, 0.2) is 0 Å². The van der Waals surface area contributed by atoms with Crippen LogP contribution >= 0.6 is 0 Å². The molecule has 0 aromatic heterocycles. The Labute approximate surface area is 115 Å². The Morgan fingerprint density at radius 1 is 1.16 bits per heavy atom. The minimum atomic E-state index is -0.139. The highest BCUT2D eigenvalue weighted by molar-refractivity contribution is 5.81. The molecule has 0 N–H and O–H groups in total. The number of allylic oxidation sites excluding steroid dienone is 1. The molecule has 0 aliphatic carbocycles. The van der Waals surface area contributed by atoms with Gasteiger partial charge in [0.1, 0.15) is 5.75 Å². The molecule has 0 spiro atoms. The van der Waals surface area contributed by atoms with Gasteiger partial charge in [-0.1, -0.05) is 6.08 Å². The molecule has 1 aliphatic rings. The Kier molecular flexibility index (Phi) is 3.85. The maximum atomic E-state index is 5.82. The van der Waals surface area contributed by atoms with Gasteiger partial charge >= 0.3 is 0 Å². The Hall–Kier alpha value is -1.48. The second-order valence-corrected chi connectivity index (χ2v) is 5.31. The lowest BCUT2D eigenvalue weighted by Gasteiger charge is -2.41. The van der Waals surface area contributed by atoms with Gasteiger partial charge in [-0.3, -0.25) is 4.84 Å². The number of fused-ring (bicyclic) bond motifs is 1. The van der Waals surface area contributed by atoms with Gasteiger partial charge in [-0.15, -0.1) is 0 Å². The zero-order valence-electron chi connectivity index (χ0n) is 12.5. The monoisotopic (exact) mass is 261 g/mol. The van der Waals surface area contributed by atoms with Crippen molar-refractivity contribution < 1.29 is 9.57 Å². The number of ether oxygens (including phenoxy) is 1. The molecule has 1 aromatic rings. The molecule has 19 heavy (non-hydrogen) atoms. The summed E-state index contributed by atoms with van der Waals surface area (Å²) in [6.07, 6.45) is 2.24. The van der Waals surface area contributed by atoms with E-state index in [1.807, 2.05) is 25.0 Å². The highest BCUT2D eigenvalue weighted by Gasteiger charge is 2.32. The van der Waals surface area contributed by atoms with E-state index in [-0.39, 0.29) is 5.54 Å². The first-order valence-corrected chi connectivity index (χ1v) is 6.89. The van der Waals surface area contributed by atoms with Crippen molar-refractivity contribution in [2.45, 2.75) is 40.2 Å². The number of nitrogens with zero attached hydrogens (tertiary/aromatic N) is 1. The van der Waals surface area contributed by atoms with Gasteiger partial charge < -0.3 is 4.74 Å². The van der Waals surface area contributed by atoms with E-state index in [1.165, 1.54) is 11.1 Å². The maximum absolute atomic E-state index is 5.82. The van der Waals surface area contributed by atoms with Crippen LogP contribution in [0.3, 0.4) is 0 Å². The van der Waals surface area contributed by atoms with Crippen LogP contribution in [-0.2, 0) is 4.84 Å². The Bertz CT molecular complexity index is 492. The van der Waals surface area contributed by atoms with E-state index >= 15 is 0 Å². The fourth-order valence-corrected chi connectivity index (χ4v) is 2.61. The van der Waals surface area contributed by atoms with Crippen molar-refractivity contribution in [3.63, 3.8) is 0 Å². The molecule has 2 rings (SSSR count). The Morgan fingerprint density at radius 2 is 1.89 bits per heavy atom. The SMILES string of the molecule is CCOc1ccc2c(c1)C(C)=CC(C)(C)N2OCC. The van der Waals surface area contributed by atoms with Gasteiger partial charge in [0.2, 0.25) is 0 Å². The second-order valence-electron chi connectivity index (χ2n) is 5.31. The minimum Gasteiger partial charge on any atom is -0.494 e. The molecule has 1 aromatic carbocycles. The number of rotatable bonds is 4. The minimum absolute atomic E-state index is 0.139. The average Bonchev–Trinajstić information content (AvgIpc) is 2.34. The van der Waals surface area contributed by atoms with E-state index in [4.69, 9.17) is 9.57 Å². The second kappa shape index (κ2) is 5.25. The number of hydrogen-bond donors (Lipinski definition) is 0. The summed E-state index contributed by atoms with van der Waals surface area (Å²) >= 11 is 0. The van der Waals surface area contributed by atoms with Crippen molar-refractivity contribution in [1.29, 1.82) is 0 Å². The van der Waals surface area contributed by atoms with Crippen LogP contribution in [0, 0.1) is 0 Å². The molecule has 0 bridgehead atoms. The predicted octanol–water partition coefficient (Wildman–Crippen LogP) is 4.04. The van der Waals surface area contributed by atoms with Crippen molar-refractivity contribution >= 4 is 11.3 Å². The molecular formula is C16H23NO2. The molecule has 1 aliphatic heterocycles. The summed E-state index contributed by atoms with van der Waals surface area (Å²) in [7, 11) is 0. The van der Waals surface area contributed by atoms with Crippen LogP contribution in [-0.4, -0.2) is 18.8 Å². The van der Waals surface area contributed by atoms with E-state index in [0.717, 1.165) is 11.4 Å². The molecule has 0 amide bonds. The summed E-state index contributed by atoms with van der Waals surface area (Å²) in [6, 6.07) is 6.17. The molecule has 0 unspecified atom stereocenters. The van der Waals surface area contributed by atoms with Gasteiger partial charge in [-0.2, -0.15) is 0 Å². The van der Waals surface area contributed by atoms with E-state index < -0.39 is 0 Å². The summed E-state index contributed by atoms with van der Waals surface area (Å²) < 4.78 is 5.58. The van der Waals surface area contributed by atoms with Crippen LogP contribution < -0.4 is 9.80 Å². The quantitative estimate of drug-likeness (QED) is 0.816. The third kappa shape index (κ3) is 2.61. The molecule has 3 nitrogen and oxygen atoms in total. The van der Waals surface area contributed by atoms with Crippen molar-refractivity contribution in [2.24, 2.45) is 0 Å². The summed E-state index contributed by atoms with van der Waals surface area (Å²) in [6.45, 7) is 11.8. The van der Waals surface area contributed by atoms with E-state index in [0.29, 0.717) is 13.2 Å². The summed E-state index contributed by atoms with van der Waals surface area (Å²) in [5.74, 6) is 0.908. The van der Waals surface area contributed by atoms with Crippen LogP contribution in [0.2, 0.25) is 0 Å². The largest absolute Gasteiger partial charge is 0.494 e. The molecule has 1 heterocycles. The molecule has 104 valence electrons. The van der Waals surface area contributed by atoms with Crippen LogP contribution in [0.4, 0.5) is 5.69 Å². The topological polar surface area (TPSA) is 21.7 Å². The Balaban J connectivity index is 2.48. The first kappa shape index (κ1) is 13.9. The van der Waals surface area contributed by atoms with E-state index in [1.54, 1.807) is 0 Å². The predicted molar refractivity (Wildman–Crippen MR) is 79.4 cm³/mol. The van der Waals surface area contributed by atoms with Crippen LogP contribution in [0.1, 0.15) is 40.2 Å². The molecule has 3 heteroatoms. The standard InChI is InChI=1S/C16H23NO2/c1-6-18-13-8-9-15-14(10-13)12(3)11-16(4,5)17(15)19-7-2/h8-11H,6-7H2,1-5H3. The molecule has 0 saturated carbocycles. The molecular weight excluding hydrogens is 238 g/mol. The molecule has 0 fully saturated rings. The number of anilines is 1. The molecule has 0 atom stereocenters. The highest BCUT2D eigenvalue weighted by Crippen LogP contribution is 2.40. The third-order valence-electron chi connectivity index (χ3n) is 3.27. The van der Waals surface area contributed by atoms with E-state index in [2.05, 4.69) is 39.0 Å². The summed E-state index contributed by atoms with van der Waals surface area (Å²) in [5, 5.41) is 1.99. The van der Waals surface area contributed by atoms with Crippen molar-refractivity contribution in [1.82, 2.24) is 0 Å².